The van der Waals surface area contributed by atoms with Crippen LogP contribution in [0.15, 0.2) is 91.0 Å². The van der Waals surface area contributed by atoms with Gasteiger partial charge in [0.1, 0.15) is 12.0 Å². The number of nitrogens with one attached hydrogen (secondary N) is 1. The van der Waals surface area contributed by atoms with Gasteiger partial charge in [-0.1, -0.05) is 91.0 Å². The van der Waals surface area contributed by atoms with Crippen LogP contribution in [0.1, 0.15) is 23.1 Å². The molecule has 168 valence electrons. The van der Waals surface area contributed by atoms with E-state index < -0.39 is 29.4 Å². The molecule has 0 amide bonds. The molecular weight excluding hydrogens is 416 g/mol. The Morgan fingerprint density at radius 3 is 1.52 bits per heavy atom. The van der Waals surface area contributed by atoms with Crippen molar-refractivity contribution in [2.45, 2.75) is 18.0 Å². The Morgan fingerprint density at radius 2 is 1.18 bits per heavy atom. The number of hydrogen-bond acceptors (Lipinski definition) is 6. The van der Waals surface area contributed by atoms with Crippen molar-refractivity contribution >= 4 is 11.9 Å². The maximum Gasteiger partial charge on any atom is 0.323 e. The Hall–Kier alpha value is -3.95. The zero-order valence-corrected chi connectivity index (χ0v) is 18.6. The number of hydrogen-bond donors (Lipinski definition) is 1. The summed E-state index contributed by atoms with van der Waals surface area (Å²) >= 11 is 0. The average Bonchev–Trinajstić information content (AvgIpc) is 2.89. The van der Waals surface area contributed by atoms with Gasteiger partial charge < -0.3 is 9.47 Å². The van der Waals surface area contributed by atoms with Crippen LogP contribution < -0.4 is 5.32 Å². The third-order valence-corrected chi connectivity index (χ3v) is 5.61. The van der Waals surface area contributed by atoms with E-state index in [1.54, 1.807) is 0 Å². The fourth-order valence-electron chi connectivity index (χ4n) is 4.01. The lowest BCUT2D eigenvalue weighted by molar-refractivity contribution is -0.146. The van der Waals surface area contributed by atoms with Gasteiger partial charge in [-0.15, -0.1) is 0 Å². The van der Waals surface area contributed by atoms with Gasteiger partial charge in [0.2, 0.25) is 0 Å². The summed E-state index contributed by atoms with van der Waals surface area (Å²) in [7, 11) is 2.50. The van der Waals surface area contributed by atoms with E-state index >= 15 is 0 Å². The SMILES string of the molecule is COC(=O)[C@H](C[C@H](C#N)C(=O)OC)NC(c1ccccc1)(c1ccccc1)c1ccccc1. The second-order valence-electron chi connectivity index (χ2n) is 7.51. The summed E-state index contributed by atoms with van der Waals surface area (Å²) in [5.74, 6) is -2.41. The van der Waals surface area contributed by atoms with Gasteiger partial charge in [0, 0.05) is 0 Å². The first-order valence-corrected chi connectivity index (χ1v) is 10.6. The first-order valence-electron chi connectivity index (χ1n) is 10.6. The highest BCUT2D eigenvalue weighted by Crippen LogP contribution is 2.37. The lowest BCUT2D eigenvalue weighted by Crippen LogP contribution is -2.53. The molecule has 0 aliphatic heterocycles. The molecule has 3 aromatic carbocycles. The van der Waals surface area contributed by atoms with Gasteiger partial charge in [0.15, 0.2) is 0 Å². The fourth-order valence-corrected chi connectivity index (χ4v) is 4.01. The van der Waals surface area contributed by atoms with Crippen LogP contribution in [0.3, 0.4) is 0 Å². The minimum atomic E-state index is -1.13. The number of methoxy groups -OCH3 is 2. The highest BCUT2D eigenvalue weighted by Gasteiger charge is 2.41. The van der Waals surface area contributed by atoms with Crippen molar-refractivity contribution in [3.63, 3.8) is 0 Å². The van der Waals surface area contributed by atoms with Gasteiger partial charge in [-0.2, -0.15) is 5.26 Å². The quantitative estimate of drug-likeness (QED) is 0.400. The van der Waals surface area contributed by atoms with Crippen LogP contribution in [0.25, 0.3) is 0 Å². The third-order valence-electron chi connectivity index (χ3n) is 5.61. The van der Waals surface area contributed by atoms with E-state index in [4.69, 9.17) is 9.47 Å². The molecule has 33 heavy (non-hydrogen) atoms. The predicted octanol–water partition coefficient (Wildman–Crippen LogP) is 3.81. The zero-order valence-electron chi connectivity index (χ0n) is 18.6. The lowest BCUT2D eigenvalue weighted by atomic mass is 9.76. The Labute approximate surface area is 193 Å². The topological polar surface area (TPSA) is 88.4 Å². The number of esters is 2. The molecule has 3 rings (SSSR count). The molecule has 6 nitrogen and oxygen atoms in total. The molecule has 2 atom stereocenters. The van der Waals surface area contributed by atoms with Crippen molar-refractivity contribution < 1.29 is 19.1 Å². The summed E-state index contributed by atoms with van der Waals surface area (Å²) in [6, 6.07) is 30.2. The molecule has 0 saturated carbocycles. The van der Waals surface area contributed by atoms with Crippen molar-refractivity contribution in [3.8, 4) is 6.07 Å². The van der Waals surface area contributed by atoms with Crippen molar-refractivity contribution in [2.75, 3.05) is 14.2 Å². The lowest BCUT2D eigenvalue weighted by Gasteiger charge is -2.39. The Balaban J connectivity index is 2.22. The number of rotatable bonds is 9. The molecule has 3 aromatic rings. The summed E-state index contributed by atoms with van der Waals surface area (Å²) in [6.07, 6.45) is -0.107. The number of ether oxygens (including phenoxy) is 2. The minimum Gasteiger partial charge on any atom is -0.468 e. The highest BCUT2D eigenvalue weighted by atomic mass is 16.5. The van der Waals surface area contributed by atoms with E-state index in [0.717, 1.165) is 16.7 Å². The second kappa shape index (κ2) is 11.1. The Bertz CT molecular complexity index is 999. The number of nitrogens with zero attached hydrogens (tertiary/aromatic N) is 1. The van der Waals surface area contributed by atoms with E-state index in [1.165, 1.54) is 14.2 Å². The molecule has 0 saturated heterocycles. The second-order valence-corrected chi connectivity index (χ2v) is 7.51. The molecule has 0 heterocycles. The van der Waals surface area contributed by atoms with Gasteiger partial charge in [0.05, 0.1) is 25.8 Å². The van der Waals surface area contributed by atoms with Crippen LogP contribution in [-0.4, -0.2) is 32.2 Å². The first kappa shape index (κ1) is 23.7. The number of carbonyl (C=O) groups excluding carboxylic acids is 2. The third kappa shape index (κ3) is 5.11. The van der Waals surface area contributed by atoms with Crippen molar-refractivity contribution in [2.24, 2.45) is 5.92 Å². The fraction of sp³-hybridized carbons (Fsp3) is 0.222. The molecule has 0 spiro atoms. The smallest absolute Gasteiger partial charge is 0.323 e. The molecule has 0 aliphatic carbocycles. The zero-order chi connectivity index (χ0) is 23.7. The normalized spacial score (nSPS) is 12.8. The highest BCUT2D eigenvalue weighted by molar-refractivity contribution is 5.80. The number of benzene rings is 3. The van der Waals surface area contributed by atoms with Crippen LogP contribution in [0.4, 0.5) is 0 Å². The van der Waals surface area contributed by atoms with Crippen LogP contribution in [-0.2, 0) is 24.6 Å². The van der Waals surface area contributed by atoms with Gasteiger partial charge in [0.25, 0.3) is 0 Å². The summed E-state index contributed by atoms with van der Waals surface area (Å²) < 4.78 is 9.82. The largest absolute Gasteiger partial charge is 0.468 e. The van der Waals surface area contributed by atoms with Gasteiger partial charge in [-0.25, -0.2) is 0 Å². The molecule has 0 aromatic heterocycles. The number of carbonyl (C=O) groups is 2. The van der Waals surface area contributed by atoms with Crippen LogP contribution in [0.2, 0.25) is 0 Å². The molecule has 0 radical (unpaired) electrons. The van der Waals surface area contributed by atoms with E-state index in [2.05, 4.69) is 5.32 Å². The molecule has 1 N–H and O–H groups in total. The molecule has 6 heteroatoms. The van der Waals surface area contributed by atoms with Crippen molar-refractivity contribution in [1.29, 1.82) is 5.26 Å². The molecular formula is C27H26N2O4. The van der Waals surface area contributed by atoms with Crippen LogP contribution in [0, 0.1) is 17.2 Å². The summed E-state index contributed by atoms with van der Waals surface area (Å²) in [5.41, 5.74) is 1.72. The van der Waals surface area contributed by atoms with E-state index in [-0.39, 0.29) is 6.42 Å². The standard InChI is InChI=1S/C27H26N2O4/c1-32-25(30)20(19-28)18-24(26(31)33-2)29-27(21-12-6-3-7-13-21,22-14-8-4-9-15-22)23-16-10-5-11-17-23/h3-17,20,24,29H,18H2,1-2H3/t20-,24+/m1/s1. The predicted molar refractivity (Wildman–Crippen MR) is 124 cm³/mol. The summed E-state index contributed by atoms with van der Waals surface area (Å²) in [6.45, 7) is 0. The number of nitriles is 1. The first-order chi connectivity index (χ1) is 16.1. The van der Waals surface area contributed by atoms with Gasteiger partial charge in [-0.05, 0) is 23.1 Å². The summed E-state index contributed by atoms with van der Waals surface area (Å²) in [5, 5.41) is 13.0. The van der Waals surface area contributed by atoms with Gasteiger partial charge >= 0.3 is 11.9 Å². The maximum absolute atomic E-state index is 12.9. The van der Waals surface area contributed by atoms with Crippen molar-refractivity contribution in [1.82, 2.24) is 5.32 Å². The van der Waals surface area contributed by atoms with E-state index in [0.29, 0.717) is 0 Å². The van der Waals surface area contributed by atoms with E-state index in [1.807, 2.05) is 97.1 Å². The van der Waals surface area contributed by atoms with Crippen molar-refractivity contribution in [3.05, 3.63) is 108 Å². The molecule has 0 fully saturated rings. The minimum absolute atomic E-state index is 0.107. The molecule has 0 bridgehead atoms. The van der Waals surface area contributed by atoms with E-state index in [9.17, 15) is 14.9 Å². The molecule has 0 aliphatic rings. The average molecular weight is 443 g/mol. The Kier molecular flexibility index (Phi) is 7.96. The van der Waals surface area contributed by atoms with Crippen LogP contribution in [0.5, 0.6) is 0 Å². The Morgan fingerprint density at radius 1 is 0.788 bits per heavy atom. The van der Waals surface area contributed by atoms with Gasteiger partial charge in [-0.3, -0.25) is 14.9 Å². The summed E-state index contributed by atoms with van der Waals surface area (Å²) in [4.78, 5) is 25.0. The maximum atomic E-state index is 12.9. The molecule has 0 unspecified atom stereocenters. The van der Waals surface area contributed by atoms with Crippen LogP contribution >= 0.6 is 0 Å². The monoisotopic (exact) mass is 442 g/mol.